The second kappa shape index (κ2) is 6.65. The minimum absolute atomic E-state index is 0.130. The molecule has 1 aliphatic heterocycles. The van der Waals surface area contributed by atoms with E-state index in [2.05, 4.69) is 19.7 Å². The lowest BCUT2D eigenvalue weighted by atomic mass is 10.1. The normalized spacial score (nSPS) is 17.6. The van der Waals surface area contributed by atoms with E-state index in [1.54, 1.807) is 17.6 Å². The molecule has 4 rings (SSSR count). The lowest BCUT2D eigenvalue weighted by Crippen LogP contribution is -2.18. The zero-order valence-corrected chi connectivity index (χ0v) is 14.9. The summed E-state index contributed by atoms with van der Waals surface area (Å²) in [5, 5.41) is 0.144. The minimum atomic E-state index is -4.82. The third kappa shape index (κ3) is 3.44. The third-order valence-corrected chi connectivity index (χ3v) is 4.50. The smallest absolute Gasteiger partial charge is 0.405 e. The lowest BCUT2D eigenvalue weighted by molar-refractivity contribution is -0.274. The maximum atomic E-state index is 12.8. The summed E-state index contributed by atoms with van der Waals surface area (Å²) in [7, 11) is 0. The van der Waals surface area contributed by atoms with Crippen LogP contribution < -0.4 is 4.74 Å². The molecule has 0 unspecified atom stereocenters. The Kier molecular flexibility index (Phi) is 4.43. The molecule has 1 aliphatic rings. The number of nitrogens with zero attached hydrogens (tertiary/aromatic N) is 4. The molecule has 0 saturated carbocycles. The molecule has 0 N–H and O–H groups in total. The first-order valence-electron chi connectivity index (χ1n) is 8.18. The van der Waals surface area contributed by atoms with Crippen molar-refractivity contribution in [3.8, 4) is 17.1 Å². The summed E-state index contributed by atoms with van der Waals surface area (Å²) in [6.45, 7) is 2.64. The van der Waals surface area contributed by atoms with E-state index in [-0.39, 0.29) is 28.3 Å². The van der Waals surface area contributed by atoms with E-state index in [1.165, 1.54) is 18.2 Å². The molecule has 10 heteroatoms. The summed E-state index contributed by atoms with van der Waals surface area (Å²) < 4.78 is 50.0. The van der Waals surface area contributed by atoms with Crippen molar-refractivity contribution in [2.45, 2.75) is 25.7 Å². The molecule has 1 atom stereocenters. The summed E-state index contributed by atoms with van der Waals surface area (Å²) in [4.78, 5) is 13.0. The monoisotopic (exact) mass is 398 g/mol. The topological polar surface area (TPSA) is 62.1 Å². The van der Waals surface area contributed by atoms with Gasteiger partial charge in [0.15, 0.2) is 10.8 Å². The first kappa shape index (κ1) is 18.0. The number of ether oxygens (including phenoxy) is 2. The van der Waals surface area contributed by atoms with Crippen LogP contribution in [0, 0.1) is 6.92 Å². The fraction of sp³-hybridized carbons (Fsp3) is 0.353. The van der Waals surface area contributed by atoms with Crippen LogP contribution in [-0.4, -0.2) is 39.1 Å². The molecule has 2 aromatic heterocycles. The number of hydrogen-bond donors (Lipinski definition) is 0. The Hall–Kier alpha value is -2.39. The number of aromatic nitrogens is 4. The van der Waals surface area contributed by atoms with Gasteiger partial charge in [0.2, 0.25) is 0 Å². The van der Waals surface area contributed by atoms with Crippen LogP contribution in [0.2, 0.25) is 5.15 Å². The van der Waals surface area contributed by atoms with Crippen molar-refractivity contribution in [2.24, 2.45) is 0 Å². The largest absolute Gasteiger partial charge is 0.573 e. The first-order valence-corrected chi connectivity index (χ1v) is 8.56. The summed E-state index contributed by atoms with van der Waals surface area (Å²) >= 11 is 6.22. The van der Waals surface area contributed by atoms with E-state index in [4.69, 9.17) is 16.3 Å². The Morgan fingerprint density at radius 3 is 2.70 bits per heavy atom. The van der Waals surface area contributed by atoms with Crippen LogP contribution in [0.3, 0.4) is 0 Å². The van der Waals surface area contributed by atoms with Crippen molar-refractivity contribution in [1.82, 2.24) is 19.5 Å². The third-order valence-electron chi connectivity index (χ3n) is 4.23. The van der Waals surface area contributed by atoms with E-state index in [0.29, 0.717) is 36.6 Å². The highest BCUT2D eigenvalue weighted by Crippen LogP contribution is 2.38. The summed E-state index contributed by atoms with van der Waals surface area (Å²) in [6, 6.07) is 5.72. The van der Waals surface area contributed by atoms with Gasteiger partial charge < -0.3 is 14.0 Å². The molecule has 3 aromatic rings. The highest BCUT2D eigenvalue weighted by atomic mass is 35.5. The van der Waals surface area contributed by atoms with Crippen molar-refractivity contribution >= 4 is 22.8 Å². The Morgan fingerprint density at radius 2 is 2.00 bits per heavy atom. The molecule has 0 radical (unpaired) electrons. The summed E-state index contributed by atoms with van der Waals surface area (Å²) in [5.74, 6) is 0.377. The number of hydrogen-bond acceptors (Lipinski definition) is 5. The molecule has 0 bridgehead atoms. The van der Waals surface area contributed by atoms with Gasteiger partial charge in [0.1, 0.15) is 22.9 Å². The number of para-hydroxylation sites is 1. The van der Waals surface area contributed by atoms with Gasteiger partial charge in [0, 0.05) is 6.61 Å². The van der Waals surface area contributed by atoms with Crippen molar-refractivity contribution in [3.05, 3.63) is 35.2 Å². The molecule has 0 aliphatic carbocycles. The zero-order chi connectivity index (χ0) is 19.2. The van der Waals surface area contributed by atoms with Crippen molar-refractivity contribution in [2.75, 3.05) is 13.2 Å². The predicted octanol–water partition coefficient (Wildman–Crippen LogP) is 4.32. The minimum Gasteiger partial charge on any atom is -0.405 e. The Morgan fingerprint density at radius 1 is 1.22 bits per heavy atom. The standard InChI is InChI=1S/C17H14ClF3N4O2/c1-9-22-14(18)13-16(23-9)25(10-6-7-26-8-10)15(24-13)11-4-2-3-5-12(11)27-17(19,20)21/h2-5,10H,6-8H2,1H3/t10-/m1/s1. The summed E-state index contributed by atoms with van der Waals surface area (Å²) in [6.07, 6.45) is -4.14. The quantitative estimate of drug-likeness (QED) is 0.615. The van der Waals surface area contributed by atoms with Crippen molar-refractivity contribution < 1.29 is 22.6 Å². The molecule has 1 aromatic carbocycles. The van der Waals surface area contributed by atoms with Crippen LogP contribution in [0.4, 0.5) is 13.2 Å². The van der Waals surface area contributed by atoms with Gasteiger partial charge in [-0.15, -0.1) is 13.2 Å². The van der Waals surface area contributed by atoms with E-state index in [0.717, 1.165) is 0 Å². The molecule has 0 spiro atoms. The summed E-state index contributed by atoms with van der Waals surface area (Å²) in [5.41, 5.74) is 0.972. The van der Waals surface area contributed by atoms with Crippen LogP contribution in [0.15, 0.2) is 24.3 Å². The molecule has 0 amide bonds. The van der Waals surface area contributed by atoms with Gasteiger partial charge in [-0.1, -0.05) is 23.7 Å². The predicted molar refractivity (Wildman–Crippen MR) is 91.7 cm³/mol. The van der Waals surface area contributed by atoms with Gasteiger partial charge >= 0.3 is 6.36 Å². The Balaban J connectivity index is 1.97. The molecular weight excluding hydrogens is 385 g/mol. The first-order chi connectivity index (χ1) is 12.8. The zero-order valence-electron chi connectivity index (χ0n) is 14.1. The van der Waals surface area contributed by atoms with Crippen LogP contribution >= 0.6 is 11.6 Å². The fourth-order valence-electron chi connectivity index (χ4n) is 3.17. The van der Waals surface area contributed by atoms with Gasteiger partial charge in [-0.2, -0.15) is 0 Å². The number of rotatable bonds is 3. The van der Waals surface area contributed by atoms with Crippen LogP contribution in [0.1, 0.15) is 18.3 Å². The van der Waals surface area contributed by atoms with Gasteiger partial charge in [0.25, 0.3) is 0 Å². The van der Waals surface area contributed by atoms with E-state index < -0.39 is 6.36 Å². The second-order valence-corrected chi connectivity index (χ2v) is 6.46. The maximum Gasteiger partial charge on any atom is 0.573 e. The second-order valence-electron chi connectivity index (χ2n) is 6.10. The van der Waals surface area contributed by atoms with Gasteiger partial charge in [-0.25, -0.2) is 15.0 Å². The molecule has 1 saturated heterocycles. The van der Waals surface area contributed by atoms with Crippen LogP contribution in [0.25, 0.3) is 22.6 Å². The Bertz CT molecular complexity index is 1000. The molecular formula is C17H14ClF3N4O2. The Labute approximate surface area is 156 Å². The van der Waals surface area contributed by atoms with Crippen molar-refractivity contribution in [3.63, 3.8) is 0 Å². The van der Waals surface area contributed by atoms with Gasteiger partial charge in [-0.3, -0.25) is 0 Å². The van der Waals surface area contributed by atoms with Crippen LogP contribution in [0.5, 0.6) is 5.75 Å². The number of fused-ring (bicyclic) bond motifs is 1. The molecule has 142 valence electrons. The number of alkyl halides is 3. The number of halogens is 4. The van der Waals surface area contributed by atoms with Crippen LogP contribution in [-0.2, 0) is 4.74 Å². The fourth-order valence-corrected chi connectivity index (χ4v) is 3.42. The molecule has 3 heterocycles. The highest BCUT2D eigenvalue weighted by molar-refractivity contribution is 6.33. The number of aryl methyl sites for hydroxylation is 1. The van der Waals surface area contributed by atoms with Crippen molar-refractivity contribution in [1.29, 1.82) is 0 Å². The van der Waals surface area contributed by atoms with E-state index >= 15 is 0 Å². The van der Waals surface area contributed by atoms with E-state index in [9.17, 15) is 13.2 Å². The highest BCUT2D eigenvalue weighted by Gasteiger charge is 2.34. The van der Waals surface area contributed by atoms with Gasteiger partial charge in [0.05, 0.1) is 18.2 Å². The molecule has 27 heavy (non-hydrogen) atoms. The lowest BCUT2D eigenvalue weighted by Gasteiger charge is -2.17. The number of benzene rings is 1. The molecule has 6 nitrogen and oxygen atoms in total. The van der Waals surface area contributed by atoms with Gasteiger partial charge in [-0.05, 0) is 25.5 Å². The maximum absolute atomic E-state index is 12.8. The van der Waals surface area contributed by atoms with E-state index in [1.807, 2.05) is 0 Å². The molecule has 1 fully saturated rings. The average Bonchev–Trinajstić information content (AvgIpc) is 3.21. The number of imidazole rings is 1. The SMILES string of the molecule is Cc1nc(Cl)c2nc(-c3ccccc3OC(F)(F)F)n([C@@H]3CCOC3)c2n1. The average molecular weight is 399 g/mol.